The second kappa shape index (κ2) is 10.8. The van der Waals surface area contributed by atoms with Crippen LogP contribution in [0.3, 0.4) is 0 Å². The molecule has 0 unspecified atom stereocenters. The average molecular weight is 507 g/mol. The van der Waals surface area contributed by atoms with Crippen molar-refractivity contribution in [2.24, 2.45) is 0 Å². The molecule has 3 rings (SSSR count). The zero-order valence-electron chi connectivity index (χ0n) is 18.1. The Bertz CT molecular complexity index is 1250. The van der Waals surface area contributed by atoms with Gasteiger partial charge >= 0.3 is 5.97 Å². The Balaban J connectivity index is 1.84. The van der Waals surface area contributed by atoms with Crippen molar-refractivity contribution in [2.45, 2.75) is 23.1 Å². The summed E-state index contributed by atoms with van der Waals surface area (Å²) in [5, 5.41) is 10.6. The maximum atomic E-state index is 13.4. The van der Waals surface area contributed by atoms with E-state index in [1.54, 1.807) is 30.3 Å². The van der Waals surface area contributed by atoms with Crippen molar-refractivity contribution < 1.29 is 22.7 Å². The quantitative estimate of drug-likeness (QED) is 0.267. The molecule has 1 N–H and O–H groups in total. The Kier molecular flexibility index (Phi) is 8.06. The molecule has 0 spiro atoms. The summed E-state index contributed by atoms with van der Waals surface area (Å²) in [4.78, 5) is 24.2. The van der Waals surface area contributed by atoms with Gasteiger partial charge in [0.1, 0.15) is 6.54 Å². The molecule has 2 aromatic carbocycles. The predicted molar refractivity (Wildman–Crippen MR) is 128 cm³/mol. The van der Waals surface area contributed by atoms with Crippen LogP contribution in [-0.2, 0) is 24.3 Å². The maximum absolute atomic E-state index is 13.4. The van der Waals surface area contributed by atoms with E-state index in [0.717, 1.165) is 38.5 Å². The van der Waals surface area contributed by atoms with Crippen molar-refractivity contribution in [3.05, 3.63) is 59.7 Å². The molecule has 1 aromatic heterocycles. The van der Waals surface area contributed by atoms with Crippen molar-refractivity contribution in [1.29, 1.82) is 0 Å². The SMILES string of the molecule is COC(=O)CSc1nnc(NC(=O)CN(c2cccc(C)c2C)S(=O)(=O)c2ccccc2)s1. The molecular weight excluding hydrogens is 484 g/mol. The van der Waals surface area contributed by atoms with Gasteiger partial charge in [0, 0.05) is 0 Å². The van der Waals surface area contributed by atoms with E-state index in [-0.39, 0.29) is 15.8 Å². The fraction of sp³-hybridized carbons (Fsp3) is 0.238. The molecule has 1 heterocycles. The smallest absolute Gasteiger partial charge is 0.316 e. The molecule has 0 radical (unpaired) electrons. The summed E-state index contributed by atoms with van der Waals surface area (Å²) in [5.41, 5.74) is 2.07. The van der Waals surface area contributed by atoms with Crippen LogP contribution in [0, 0.1) is 13.8 Å². The van der Waals surface area contributed by atoms with Crippen molar-refractivity contribution in [3.63, 3.8) is 0 Å². The molecule has 0 bridgehead atoms. The minimum atomic E-state index is -4.01. The third-order valence-corrected chi connectivity index (χ3v) is 8.38. The van der Waals surface area contributed by atoms with E-state index < -0.39 is 28.4 Å². The maximum Gasteiger partial charge on any atom is 0.316 e. The number of nitrogens with one attached hydrogen (secondary N) is 1. The number of esters is 1. The van der Waals surface area contributed by atoms with Gasteiger partial charge in [-0.25, -0.2) is 8.42 Å². The van der Waals surface area contributed by atoms with Crippen LogP contribution in [0.4, 0.5) is 10.8 Å². The van der Waals surface area contributed by atoms with Crippen LogP contribution >= 0.6 is 23.1 Å². The lowest BCUT2D eigenvalue weighted by atomic mass is 10.1. The fourth-order valence-corrected chi connectivity index (χ4v) is 5.91. The first kappa shape index (κ1) is 24.7. The summed E-state index contributed by atoms with van der Waals surface area (Å²) >= 11 is 2.21. The lowest BCUT2D eigenvalue weighted by Crippen LogP contribution is -2.38. The standard InChI is InChI=1S/C21H22N4O5S3/c1-14-8-7-11-17(15(14)2)25(33(28,29)16-9-5-4-6-10-16)12-18(26)22-20-23-24-21(32-20)31-13-19(27)30-3/h4-11H,12-13H2,1-3H3,(H,22,23,26). The van der Waals surface area contributed by atoms with E-state index in [9.17, 15) is 18.0 Å². The van der Waals surface area contributed by atoms with E-state index in [1.807, 2.05) is 19.9 Å². The second-order valence-corrected chi connectivity index (χ2v) is 10.9. The number of thioether (sulfide) groups is 1. The highest BCUT2D eigenvalue weighted by Crippen LogP contribution is 2.29. The number of anilines is 2. The van der Waals surface area contributed by atoms with Crippen LogP contribution in [0.15, 0.2) is 57.8 Å². The Morgan fingerprint density at radius 3 is 2.52 bits per heavy atom. The van der Waals surface area contributed by atoms with Crippen LogP contribution in [-0.4, -0.2) is 49.9 Å². The topological polar surface area (TPSA) is 119 Å². The Hall–Kier alpha value is -2.96. The number of aryl methyl sites for hydroxylation is 1. The summed E-state index contributed by atoms with van der Waals surface area (Å²) in [6, 6.07) is 13.2. The van der Waals surface area contributed by atoms with Gasteiger partial charge in [-0.2, -0.15) is 0 Å². The number of nitrogens with zero attached hydrogens (tertiary/aromatic N) is 3. The van der Waals surface area contributed by atoms with E-state index in [1.165, 1.54) is 19.2 Å². The van der Waals surface area contributed by atoms with Gasteiger partial charge in [-0.1, -0.05) is 53.4 Å². The van der Waals surface area contributed by atoms with Gasteiger partial charge in [-0.05, 0) is 43.2 Å². The number of carbonyl (C=O) groups is 2. The van der Waals surface area contributed by atoms with Crippen molar-refractivity contribution in [3.8, 4) is 0 Å². The number of amides is 1. The molecule has 33 heavy (non-hydrogen) atoms. The molecule has 0 fully saturated rings. The summed E-state index contributed by atoms with van der Waals surface area (Å²) in [5.74, 6) is -0.915. The highest BCUT2D eigenvalue weighted by Gasteiger charge is 2.28. The summed E-state index contributed by atoms with van der Waals surface area (Å²) < 4.78 is 33.0. The normalized spacial score (nSPS) is 11.1. The number of ether oxygens (including phenoxy) is 1. The van der Waals surface area contributed by atoms with Crippen LogP contribution in [0.25, 0.3) is 0 Å². The Morgan fingerprint density at radius 1 is 1.09 bits per heavy atom. The van der Waals surface area contributed by atoms with E-state index in [4.69, 9.17) is 0 Å². The number of methoxy groups -OCH3 is 1. The Labute approximate surface area is 200 Å². The summed E-state index contributed by atoms with van der Waals surface area (Å²) in [7, 11) is -2.72. The number of aromatic nitrogens is 2. The van der Waals surface area contributed by atoms with Gasteiger partial charge in [0.2, 0.25) is 11.0 Å². The van der Waals surface area contributed by atoms with E-state index in [2.05, 4.69) is 20.3 Å². The molecule has 0 aliphatic rings. The van der Waals surface area contributed by atoms with Crippen LogP contribution < -0.4 is 9.62 Å². The molecular formula is C21H22N4O5S3. The molecule has 0 atom stereocenters. The first-order valence-corrected chi connectivity index (χ1v) is 12.9. The number of hydrogen-bond acceptors (Lipinski definition) is 9. The van der Waals surface area contributed by atoms with Crippen LogP contribution in [0.2, 0.25) is 0 Å². The third-order valence-electron chi connectivity index (χ3n) is 4.66. The van der Waals surface area contributed by atoms with Gasteiger partial charge in [-0.3, -0.25) is 19.2 Å². The van der Waals surface area contributed by atoms with Gasteiger partial charge in [0.25, 0.3) is 10.0 Å². The number of sulfonamides is 1. The van der Waals surface area contributed by atoms with Gasteiger partial charge in [-0.15, -0.1) is 10.2 Å². The monoisotopic (exact) mass is 506 g/mol. The first-order chi connectivity index (χ1) is 15.7. The fourth-order valence-electron chi connectivity index (χ4n) is 2.81. The number of carbonyl (C=O) groups excluding carboxylic acids is 2. The minimum absolute atomic E-state index is 0.0643. The first-order valence-electron chi connectivity index (χ1n) is 9.69. The molecule has 0 aliphatic heterocycles. The molecule has 0 aliphatic carbocycles. The van der Waals surface area contributed by atoms with Crippen molar-refractivity contribution in [2.75, 3.05) is 29.0 Å². The van der Waals surface area contributed by atoms with Crippen LogP contribution in [0.5, 0.6) is 0 Å². The lowest BCUT2D eigenvalue weighted by molar-refractivity contribution is -0.137. The zero-order valence-corrected chi connectivity index (χ0v) is 20.6. The minimum Gasteiger partial charge on any atom is -0.468 e. The van der Waals surface area contributed by atoms with E-state index in [0.29, 0.717) is 10.0 Å². The number of benzene rings is 2. The molecule has 3 aromatic rings. The predicted octanol–water partition coefficient (Wildman–Crippen LogP) is 3.25. The highest BCUT2D eigenvalue weighted by molar-refractivity contribution is 8.01. The molecule has 0 saturated heterocycles. The summed E-state index contributed by atoms with van der Waals surface area (Å²) in [6.45, 7) is 3.23. The van der Waals surface area contributed by atoms with Gasteiger partial charge in [0.15, 0.2) is 4.34 Å². The Morgan fingerprint density at radius 2 is 1.82 bits per heavy atom. The van der Waals surface area contributed by atoms with E-state index >= 15 is 0 Å². The molecule has 0 saturated carbocycles. The second-order valence-electron chi connectivity index (χ2n) is 6.83. The van der Waals surface area contributed by atoms with Crippen molar-refractivity contribution >= 4 is 55.8 Å². The molecule has 9 nitrogen and oxygen atoms in total. The van der Waals surface area contributed by atoms with Gasteiger partial charge in [0.05, 0.1) is 23.4 Å². The molecule has 12 heteroatoms. The van der Waals surface area contributed by atoms with Crippen LogP contribution in [0.1, 0.15) is 11.1 Å². The largest absolute Gasteiger partial charge is 0.468 e. The van der Waals surface area contributed by atoms with Gasteiger partial charge < -0.3 is 4.74 Å². The average Bonchev–Trinajstić information content (AvgIpc) is 3.25. The highest BCUT2D eigenvalue weighted by atomic mass is 32.2. The zero-order chi connectivity index (χ0) is 24.0. The lowest BCUT2D eigenvalue weighted by Gasteiger charge is -2.26. The molecule has 174 valence electrons. The summed E-state index contributed by atoms with van der Waals surface area (Å²) in [6.07, 6.45) is 0. The number of rotatable bonds is 9. The molecule has 1 amide bonds. The third kappa shape index (κ3) is 6.09. The number of hydrogen-bond donors (Lipinski definition) is 1. The van der Waals surface area contributed by atoms with Crippen molar-refractivity contribution in [1.82, 2.24) is 10.2 Å².